The summed E-state index contributed by atoms with van der Waals surface area (Å²) in [5.74, 6) is -1.02. The van der Waals surface area contributed by atoms with Gasteiger partial charge in [-0.25, -0.2) is 4.79 Å². The summed E-state index contributed by atoms with van der Waals surface area (Å²) in [5.41, 5.74) is 1.22. The second kappa shape index (κ2) is 6.02. The summed E-state index contributed by atoms with van der Waals surface area (Å²) in [5, 5.41) is 13.4. The highest BCUT2D eigenvalue weighted by molar-refractivity contribution is 6.05. The number of carboxylic acid groups (broad SMARTS) is 1. The van der Waals surface area contributed by atoms with Crippen LogP contribution in [0.4, 0.5) is 0 Å². The van der Waals surface area contributed by atoms with Crippen molar-refractivity contribution < 1.29 is 14.7 Å². The summed E-state index contributed by atoms with van der Waals surface area (Å²) in [6, 6.07) is 10.8. The zero-order chi connectivity index (χ0) is 14.5. The summed E-state index contributed by atoms with van der Waals surface area (Å²) in [6.07, 6.45) is 3.72. The van der Waals surface area contributed by atoms with Crippen LogP contribution in [-0.4, -0.2) is 23.5 Å². The Labute approximate surface area is 116 Å². The Balaban J connectivity index is 2.38. The fourth-order valence-corrected chi connectivity index (χ4v) is 2.05. The van der Waals surface area contributed by atoms with Crippen LogP contribution >= 0.6 is 0 Å². The van der Waals surface area contributed by atoms with Crippen molar-refractivity contribution in [3.63, 3.8) is 0 Å². The van der Waals surface area contributed by atoms with Gasteiger partial charge >= 0.3 is 5.97 Å². The minimum absolute atomic E-state index is 0.0827. The number of fused-ring (bicyclic) bond motifs is 1. The van der Waals surface area contributed by atoms with Gasteiger partial charge < -0.3 is 10.4 Å². The van der Waals surface area contributed by atoms with Crippen molar-refractivity contribution in [2.24, 2.45) is 0 Å². The zero-order valence-electron chi connectivity index (χ0n) is 11.1. The third-order valence-corrected chi connectivity index (χ3v) is 2.95. The van der Waals surface area contributed by atoms with Crippen LogP contribution in [0.25, 0.3) is 16.8 Å². The van der Waals surface area contributed by atoms with E-state index in [1.54, 1.807) is 18.2 Å². The monoisotopic (exact) mass is 269 g/mol. The maximum atomic E-state index is 11.2. The van der Waals surface area contributed by atoms with Crippen LogP contribution in [0, 0.1) is 0 Å². The molecule has 4 heteroatoms. The summed E-state index contributed by atoms with van der Waals surface area (Å²) >= 11 is 0. The number of hydrogen-bond donors (Lipinski definition) is 2. The number of rotatable bonds is 4. The first-order chi connectivity index (χ1) is 9.59. The Kier molecular flexibility index (Phi) is 4.15. The lowest BCUT2D eigenvalue weighted by Gasteiger charge is -2.05. The molecule has 2 N–H and O–H groups in total. The van der Waals surface area contributed by atoms with Gasteiger partial charge in [-0.05, 0) is 22.4 Å². The first-order valence-corrected chi connectivity index (χ1v) is 6.25. The first kappa shape index (κ1) is 13.8. The van der Waals surface area contributed by atoms with E-state index in [9.17, 15) is 14.7 Å². The van der Waals surface area contributed by atoms with Crippen molar-refractivity contribution in [3.8, 4) is 0 Å². The summed E-state index contributed by atoms with van der Waals surface area (Å²) < 4.78 is 0. The van der Waals surface area contributed by atoms with Crippen molar-refractivity contribution in [3.05, 3.63) is 53.6 Å². The molecule has 0 saturated carbocycles. The molecule has 0 fully saturated rings. The van der Waals surface area contributed by atoms with E-state index in [0.29, 0.717) is 17.5 Å². The normalized spacial score (nSPS) is 10.8. The molecular weight excluding hydrogens is 254 g/mol. The fraction of sp³-hybridized carbons (Fsp3) is 0.125. The molecule has 0 radical (unpaired) electrons. The Morgan fingerprint density at radius 2 is 1.85 bits per heavy atom. The molecule has 2 aromatic carbocycles. The lowest BCUT2D eigenvalue weighted by Crippen LogP contribution is -2.19. The Bertz CT molecular complexity index is 689. The van der Waals surface area contributed by atoms with E-state index in [4.69, 9.17) is 0 Å². The largest absolute Gasteiger partial charge is 0.478 e. The lowest BCUT2D eigenvalue weighted by molar-refractivity contribution is -0.118. The van der Waals surface area contributed by atoms with Crippen molar-refractivity contribution in [1.29, 1.82) is 0 Å². The second-order valence-corrected chi connectivity index (χ2v) is 4.39. The van der Waals surface area contributed by atoms with Gasteiger partial charge in [-0.2, -0.15) is 0 Å². The van der Waals surface area contributed by atoms with Gasteiger partial charge in [0.15, 0.2) is 0 Å². The van der Waals surface area contributed by atoms with E-state index in [1.165, 1.54) is 6.92 Å². The highest BCUT2D eigenvalue weighted by atomic mass is 16.4. The molecule has 0 aromatic heterocycles. The molecule has 0 aliphatic carbocycles. The van der Waals surface area contributed by atoms with E-state index in [-0.39, 0.29) is 5.91 Å². The maximum absolute atomic E-state index is 11.2. The quantitative estimate of drug-likeness (QED) is 0.896. The van der Waals surface area contributed by atoms with Gasteiger partial charge in [0.1, 0.15) is 0 Å². The number of aromatic carboxylic acids is 1. The predicted octanol–water partition coefficient (Wildman–Crippen LogP) is 2.69. The molecule has 0 unspecified atom stereocenters. The molecule has 0 aliphatic rings. The van der Waals surface area contributed by atoms with E-state index in [1.807, 2.05) is 30.4 Å². The molecular formula is C16H15NO3. The zero-order valence-corrected chi connectivity index (χ0v) is 11.1. The SMILES string of the molecule is CC(=O)NCC=Cc1cccc2c(C(=O)O)cccc12. The number of carboxylic acids is 1. The molecule has 2 aromatic rings. The van der Waals surface area contributed by atoms with E-state index in [0.717, 1.165) is 10.9 Å². The average molecular weight is 269 g/mol. The van der Waals surface area contributed by atoms with Gasteiger partial charge in [0.25, 0.3) is 0 Å². The minimum atomic E-state index is -0.935. The van der Waals surface area contributed by atoms with Crippen LogP contribution in [-0.2, 0) is 4.79 Å². The third-order valence-electron chi connectivity index (χ3n) is 2.95. The predicted molar refractivity (Wildman–Crippen MR) is 78.6 cm³/mol. The molecule has 4 nitrogen and oxygen atoms in total. The van der Waals surface area contributed by atoms with Crippen LogP contribution in [0.15, 0.2) is 42.5 Å². The van der Waals surface area contributed by atoms with E-state index < -0.39 is 5.97 Å². The van der Waals surface area contributed by atoms with E-state index >= 15 is 0 Å². The van der Waals surface area contributed by atoms with Crippen LogP contribution in [0.3, 0.4) is 0 Å². The Hall–Kier alpha value is -2.62. The van der Waals surface area contributed by atoms with Gasteiger partial charge in [0, 0.05) is 13.5 Å². The highest BCUT2D eigenvalue weighted by Gasteiger charge is 2.08. The van der Waals surface area contributed by atoms with Crippen LogP contribution in [0.5, 0.6) is 0 Å². The van der Waals surface area contributed by atoms with Crippen LogP contribution in [0.2, 0.25) is 0 Å². The molecule has 0 atom stereocenters. The highest BCUT2D eigenvalue weighted by Crippen LogP contribution is 2.23. The van der Waals surface area contributed by atoms with Crippen LogP contribution < -0.4 is 5.32 Å². The number of amides is 1. The van der Waals surface area contributed by atoms with Crippen molar-refractivity contribution in [1.82, 2.24) is 5.32 Å². The molecule has 0 heterocycles. The maximum Gasteiger partial charge on any atom is 0.336 e. The minimum Gasteiger partial charge on any atom is -0.478 e. The van der Waals surface area contributed by atoms with Gasteiger partial charge in [-0.15, -0.1) is 0 Å². The smallest absolute Gasteiger partial charge is 0.336 e. The Morgan fingerprint density at radius 1 is 1.15 bits per heavy atom. The number of nitrogens with one attached hydrogen (secondary N) is 1. The average Bonchev–Trinajstić information content (AvgIpc) is 2.42. The van der Waals surface area contributed by atoms with E-state index in [2.05, 4.69) is 5.32 Å². The molecule has 0 saturated heterocycles. The van der Waals surface area contributed by atoms with Gasteiger partial charge in [0.2, 0.25) is 5.91 Å². The molecule has 2 rings (SSSR count). The second-order valence-electron chi connectivity index (χ2n) is 4.39. The van der Waals surface area contributed by atoms with Crippen molar-refractivity contribution >= 4 is 28.7 Å². The lowest BCUT2D eigenvalue weighted by atomic mass is 10.00. The fourth-order valence-electron chi connectivity index (χ4n) is 2.05. The molecule has 102 valence electrons. The molecule has 0 aliphatic heterocycles. The first-order valence-electron chi connectivity index (χ1n) is 6.25. The number of carbonyl (C=O) groups excluding carboxylic acids is 1. The molecule has 0 bridgehead atoms. The Morgan fingerprint density at radius 3 is 2.55 bits per heavy atom. The number of carbonyl (C=O) groups is 2. The number of benzene rings is 2. The summed E-state index contributed by atoms with van der Waals surface area (Å²) in [4.78, 5) is 22.0. The third kappa shape index (κ3) is 3.03. The molecule has 1 amide bonds. The topological polar surface area (TPSA) is 66.4 Å². The summed E-state index contributed by atoms with van der Waals surface area (Å²) in [6.45, 7) is 1.91. The summed E-state index contributed by atoms with van der Waals surface area (Å²) in [7, 11) is 0. The molecule has 0 spiro atoms. The van der Waals surface area contributed by atoms with Gasteiger partial charge in [-0.3, -0.25) is 4.79 Å². The van der Waals surface area contributed by atoms with Crippen LogP contribution in [0.1, 0.15) is 22.8 Å². The standard InChI is InChI=1S/C16H15NO3/c1-11(18)17-10-4-6-12-5-2-8-14-13(12)7-3-9-15(14)16(19)20/h2-9H,10H2,1H3,(H,17,18)(H,19,20). The number of hydrogen-bond acceptors (Lipinski definition) is 2. The van der Waals surface area contributed by atoms with Gasteiger partial charge in [0.05, 0.1) is 5.56 Å². The van der Waals surface area contributed by atoms with Crippen molar-refractivity contribution in [2.45, 2.75) is 6.92 Å². The van der Waals surface area contributed by atoms with Crippen molar-refractivity contribution in [2.75, 3.05) is 6.54 Å². The van der Waals surface area contributed by atoms with Gasteiger partial charge in [-0.1, -0.05) is 42.5 Å². The molecule has 20 heavy (non-hydrogen) atoms.